The molecule has 0 spiro atoms. The molecule has 0 bridgehead atoms. The minimum atomic E-state index is -0.228. The van der Waals surface area contributed by atoms with Gasteiger partial charge in [-0.25, -0.2) is 4.98 Å². The van der Waals surface area contributed by atoms with Crippen LogP contribution in [0.4, 0.5) is 0 Å². The Kier molecular flexibility index (Phi) is 7.53. The molecule has 0 unspecified atom stereocenters. The molecule has 36 heavy (non-hydrogen) atoms. The van der Waals surface area contributed by atoms with Gasteiger partial charge in [-0.05, 0) is 81.1 Å². The molecule has 0 aliphatic carbocycles. The third-order valence-electron chi connectivity index (χ3n) is 5.87. The summed E-state index contributed by atoms with van der Waals surface area (Å²) in [7, 11) is 0. The number of hydrogen-bond acceptors (Lipinski definition) is 5. The van der Waals surface area contributed by atoms with E-state index in [9.17, 15) is 4.79 Å². The summed E-state index contributed by atoms with van der Waals surface area (Å²) in [5.41, 5.74) is 4.04. The predicted molar refractivity (Wildman–Crippen MR) is 147 cm³/mol. The highest BCUT2D eigenvalue weighted by atomic mass is 16.5. The van der Waals surface area contributed by atoms with Gasteiger partial charge in [0, 0.05) is 11.1 Å². The molecule has 0 saturated heterocycles. The number of para-hydroxylation sites is 2. The van der Waals surface area contributed by atoms with Gasteiger partial charge in [-0.15, -0.1) is 0 Å². The second-order valence-electron chi connectivity index (χ2n) is 9.31. The van der Waals surface area contributed by atoms with Gasteiger partial charge in [0.25, 0.3) is 5.56 Å². The zero-order valence-electron chi connectivity index (χ0n) is 21.8. The zero-order valence-corrected chi connectivity index (χ0v) is 21.8. The normalized spacial score (nSPS) is 11.7. The number of hydrogen-bond donors (Lipinski definition) is 0. The summed E-state index contributed by atoms with van der Waals surface area (Å²) in [6.07, 6.45) is 1.67. The second-order valence-corrected chi connectivity index (χ2v) is 9.31. The van der Waals surface area contributed by atoms with Gasteiger partial charge in [0.2, 0.25) is 0 Å². The SMILES string of the molecule is CCOc1cc(C)c(-c2nc3ccccc3c(=O)n2N=Cc2ccccc2OC(C)C)cc1C(C)C. The van der Waals surface area contributed by atoms with Crippen LogP contribution < -0.4 is 15.0 Å². The van der Waals surface area contributed by atoms with Gasteiger partial charge in [0.15, 0.2) is 5.82 Å². The van der Waals surface area contributed by atoms with E-state index in [-0.39, 0.29) is 17.6 Å². The first-order chi connectivity index (χ1) is 17.3. The molecule has 4 rings (SSSR count). The summed E-state index contributed by atoms with van der Waals surface area (Å²) in [4.78, 5) is 18.6. The zero-order chi connectivity index (χ0) is 25.8. The highest BCUT2D eigenvalue weighted by Gasteiger charge is 2.18. The van der Waals surface area contributed by atoms with Gasteiger partial charge in [-0.1, -0.05) is 38.1 Å². The minimum Gasteiger partial charge on any atom is -0.494 e. The van der Waals surface area contributed by atoms with Crippen molar-refractivity contribution < 1.29 is 9.47 Å². The predicted octanol–water partition coefficient (Wildman–Crippen LogP) is 6.56. The van der Waals surface area contributed by atoms with Crippen LogP contribution in [-0.2, 0) is 0 Å². The van der Waals surface area contributed by atoms with E-state index in [1.165, 1.54) is 4.68 Å². The van der Waals surface area contributed by atoms with Crippen LogP contribution in [0.3, 0.4) is 0 Å². The lowest BCUT2D eigenvalue weighted by Crippen LogP contribution is -2.21. The van der Waals surface area contributed by atoms with Crippen LogP contribution in [0.15, 0.2) is 70.6 Å². The van der Waals surface area contributed by atoms with Gasteiger partial charge < -0.3 is 9.47 Å². The van der Waals surface area contributed by atoms with E-state index in [1.807, 2.05) is 76.2 Å². The van der Waals surface area contributed by atoms with Crippen LogP contribution in [0.1, 0.15) is 57.2 Å². The third-order valence-corrected chi connectivity index (χ3v) is 5.87. The molecule has 0 atom stereocenters. The van der Waals surface area contributed by atoms with Crippen molar-refractivity contribution in [1.82, 2.24) is 9.66 Å². The lowest BCUT2D eigenvalue weighted by Gasteiger charge is -2.18. The van der Waals surface area contributed by atoms with Crippen LogP contribution >= 0.6 is 0 Å². The van der Waals surface area contributed by atoms with Crippen molar-refractivity contribution in [3.63, 3.8) is 0 Å². The summed E-state index contributed by atoms with van der Waals surface area (Å²) in [6.45, 7) is 12.8. The average Bonchev–Trinajstić information content (AvgIpc) is 2.84. The maximum atomic E-state index is 13.7. The van der Waals surface area contributed by atoms with Gasteiger partial charge in [-0.2, -0.15) is 9.78 Å². The Hall–Kier alpha value is -3.93. The molecule has 0 saturated carbocycles. The van der Waals surface area contributed by atoms with E-state index in [0.29, 0.717) is 29.1 Å². The summed E-state index contributed by atoms with van der Waals surface area (Å²) >= 11 is 0. The lowest BCUT2D eigenvalue weighted by atomic mass is 9.96. The number of aromatic nitrogens is 2. The van der Waals surface area contributed by atoms with Crippen molar-refractivity contribution in [2.45, 2.75) is 53.6 Å². The van der Waals surface area contributed by atoms with E-state index >= 15 is 0 Å². The highest BCUT2D eigenvalue weighted by Crippen LogP contribution is 2.34. The molecule has 0 fully saturated rings. The summed E-state index contributed by atoms with van der Waals surface area (Å²) < 4.78 is 13.2. The van der Waals surface area contributed by atoms with Crippen molar-refractivity contribution in [3.05, 3.63) is 87.7 Å². The van der Waals surface area contributed by atoms with Gasteiger partial charge in [0.1, 0.15) is 11.5 Å². The average molecular weight is 484 g/mol. The molecule has 186 valence electrons. The Morgan fingerprint density at radius 3 is 2.44 bits per heavy atom. The smallest absolute Gasteiger partial charge is 0.282 e. The van der Waals surface area contributed by atoms with Crippen LogP contribution in [0.25, 0.3) is 22.3 Å². The minimum absolute atomic E-state index is 0.0149. The quantitative estimate of drug-likeness (QED) is 0.266. The monoisotopic (exact) mass is 483 g/mol. The molecule has 0 radical (unpaired) electrons. The number of benzene rings is 3. The first kappa shape index (κ1) is 25.2. The molecular weight excluding hydrogens is 450 g/mol. The molecule has 1 heterocycles. The van der Waals surface area contributed by atoms with E-state index < -0.39 is 0 Å². The maximum absolute atomic E-state index is 13.7. The van der Waals surface area contributed by atoms with Crippen molar-refractivity contribution in [3.8, 4) is 22.9 Å². The van der Waals surface area contributed by atoms with Gasteiger partial charge in [-0.3, -0.25) is 4.79 Å². The molecule has 0 aliphatic heterocycles. The van der Waals surface area contributed by atoms with Crippen molar-refractivity contribution in [1.29, 1.82) is 0 Å². The van der Waals surface area contributed by atoms with E-state index in [4.69, 9.17) is 14.5 Å². The maximum Gasteiger partial charge on any atom is 0.282 e. The van der Waals surface area contributed by atoms with Gasteiger partial charge in [0.05, 0.1) is 29.8 Å². The molecule has 1 aromatic heterocycles. The van der Waals surface area contributed by atoms with Gasteiger partial charge >= 0.3 is 0 Å². The van der Waals surface area contributed by atoms with E-state index in [1.54, 1.807) is 12.3 Å². The Bertz CT molecular complexity index is 1470. The van der Waals surface area contributed by atoms with Crippen LogP contribution in [-0.4, -0.2) is 28.6 Å². The summed E-state index contributed by atoms with van der Waals surface area (Å²) in [6, 6.07) is 19.1. The molecule has 0 aliphatic rings. The summed E-state index contributed by atoms with van der Waals surface area (Å²) in [5.74, 6) is 2.28. The van der Waals surface area contributed by atoms with Crippen LogP contribution in [0, 0.1) is 6.92 Å². The highest BCUT2D eigenvalue weighted by molar-refractivity contribution is 5.84. The number of nitrogens with zero attached hydrogens (tertiary/aromatic N) is 3. The second kappa shape index (κ2) is 10.8. The first-order valence-electron chi connectivity index (χ1n) is 12.4. The van der Waals surface area contributed by atoms with E-state index in [2.05, 4.69) is 25.0 Å². The third kappa shape index (κ3) is 5.18. The van der Waals surface area contributed by atoms with Crippen molar-refractivity contribution in [2.75, 3.05) is 6.61 Å². The first-order valence-corrected chi connectivity index (χ1v) is 12.4. The standard InChI is InChI=1S/C30H33N3O3/c1-7-35-28-16-21(6)25(17-24(28)19(2)3)29-32-26-14-10-9-13-23(26)30(34)33(29)31-18-22-12-8-11-15-27(22)36-20(4)5/h8-20H,7H2,1-6H3. The summed E-state index contributed by atoms with van der Waals surface area (Å²) in [5, 5.41) is 5.16. The number of rotatable bonds is 8. The number of ether oxygens (including phenoxy) is 2. The Labute approximate surface area is 212 Å². The Balaban J connectivity index is 1.95. The van der Waals surface area contributed by atoms with E-state index in [0.717, 1.165) is 28.0 Å². The number of aryl methyl sites for hydroxylation is 1. The van der Waals surface area contributed by atoms with Crippen LogP contribution in [0.2, 0.25) is 0 Å². The van der Waals surface area contributed by atoms with Crippen molar-refractivity contribution in [2.24, 2.45) is 5.10 Å². The topological polar surface area (TPSA) is 65.7 Å². The van der Waals surface area contributed by atoms with Crippen LogP contribution in [0.5, 0.6) is 11.5 Å². The molecule has 0 amide bonds. The molecule has 6 heteroatoms. The Morgan fingerprint density at radius 2 is 1.72 bits per heavy atom. The molecule has 0 N–H and O–H groups in total. The fourth-order valence-corrected chi connectivity index (χ4v) is 4.14. The molecule has 4 aromatic rings. The fraction of sp³-hybridized carbons (Fsp3) is 0.300. The van der Waals surface area contributed by atoms with Crippen molar-refractivity contribution >= 4 is 17.1 Å². The number of fused-ring (bicyclic) bond motifs is 1. The molecule has 3 aromatic carbocycles. The molecular formula is C30H33N3O3. The largest absolute Gasteiger partial charge is 0.494 e. The lowest BCUT2D eigenvalue weighted by molar-refractivity contribution is 0.242. The fourth-order valence-electron chi connectivity index (χ4n) is 4.14. The Morgan fingerprint density at radius 1 is 1.00 bits per heavy atom. The molecule has 6 nitrogen and oxygen atoms in total.